The number of carbonyl (C=O) groups is 1. The predicted molar refractivity (Wildman–Crippen MR) is 160 cm³/mol. The molecule has 0 aliphatic heterocycles. The number of carbonyl (C=O) groups excluding carboxylic acids is 1. The topological polar surface area (TPSA) is 79.3 Å². The number of fused-ring (bicyclic) bond motifs is 1. The van der Waals surface area contributed by atoms with Gasteiger partial charge in [0.1, 0.15) is 23.0 Å². The molecule has 4 aromatic rings. The molecule has 0 fully saturated rings. The molecular weight excluding hydrogens is 524 g/mol. The van der Waals surface area contributed by atoms with Gasteiger partial charge in [0.2, 0.25) is 0 Å². The Balaban J connectivity index is 1.83. The predicted octanol–water partition coefficient (Wildman–Crippen LogP) is 6.48. The molecule has 2 aromatic heterocycles. The number of aromatic nitrogens is 2. The van der Waals surface area contributed by atoms with Crippen LogP contribution in [0.4, 0.5) is 25.0 Å². The number of halogens is 2. The molecule has 2 heterocycles. The van der Waals surface area contributed by atoms with Gasteiger partial charge < -0.3 is 10.6 Å². The second-order valence-corrected chi connectivity index (χ2v) is 9.48. The van der Waals surface area contributed by atoms with Crippen LogP contribution in [-0.4, -0.2) is 40.1 Å². The summed E-state index contributed by atoms with van der Waals surface area (Å²) in [4.78, 5) is 33.7. The van der Waals surface area contributed by atoms with Crippen molar-refractivity contribution >= 4 is 28.4 Å². The Kier molecular flexibility index (Phi) is 9.82. The van der Waals surface area contributed by atoms with Crippen molar-refractivity contribution in [2.45, 2.75) is 40.2 Å². The number of rotatable bonds is 9. The molecule has 2 amide bonds. The van der Waals surface area contributed by atoms with Crippen molar-refractivity contribution in [1.29, 1.82) is 0 Å². The summed E-state index contributed by atoms with van der Waals surface area (Å²) in [6, 6.07) is 13.1. The molecule has 9 heteroatoms. The number of hydrogen-bond donors (Lipinski definition) is 2. The minimum atomic E-state index is -0.931. The first-order chi connectivity index (χ1) is 19.9. The second-order valence-electron chi connectivity index (χ2n) is 9.48. The van der Waals surface area contributed by atoms with E-state index in [1.54, 1.807) is 16.8 Å². The highest BCUT2D eigenvalue weighted by Crippen LogP contribution is 2.33. The summed E-state index contributed by atoms with van der Waals surface area (Å²) < 4.78 is 29.2. The average Bonchev–Trinajstić information content (AvgIpc) is 2.97. The third-order valence-electron chi connectivity index (χ3n) is 6.75. The Morgan fingerprint density at radius 1 is 1.02 bits per heavy atom. The minimum Gasteiger partial charge on any atom is -0.305 e. The molecule has 0 saturated carbocycles. The van der Waals surface area contributed by atoms with Gasteiger partial charge >= 0.3 is 6.03 Å². The SMILES string of the molecule is CCCCn1c(=O)c(NC(=O)Nc2ccc(F)cc2F)c(-c2cccc(C#CCN(CC)CC)c2)c2cccnc21. The van der Waals surface area contributed by atoms with Crippen molar-refractivity contribution in [3.8, 4) is 23.0 Å². The molecule has 0 aliphatic rings. The minimum absolute atomic E-state index is 0.0230. The van der Waals surface area contributed by atoms with E-state index in [1.165, 1.54) is 0 Å². The number of hydrogen-bond acceptors (Lipinski definition) is 4. The zero-order valence-corrected chi connectivity index (χ0v) is 23.4. The average molecular weight is 558 g/mol. The number of benzene rings is 2. The zero-order chi connectivity index (χ0) is 29.4. The van der Waals surface area contributed by atoms with Gasteiger partial charge in [-0.15, -0.1) is 0 Å². The highest BCUT2D eigenvalue weighted by atomic mass is 19.1. The molecule has 0 aliphatic carbocycles. The monoisotopic (exact) mass is 557 g/mol. The Labute approximate surface area is 238 Å². The molecule has 4 rings (SSSR count). The van der Waals surface area contributed by atoms with E-state index < -0.39 is 23.2 Å². The largest absolute Gasteiger partial charge is 0.323 e. The Hall–Kier alpha value is -4.55. The van der Waals surface area contributed by atoms with E-state index in [4.69, 9.17) is 0 Å². The third kappa shape index (κ3) is 6.97. The molecule has 0 bridgehead atoms. The fourth-order valence-corrected chi connectivity index (χ4v) is 4.53. The van der Waals surface area contributed by atoms with Gasteiger partial charge in [-0.05, 0) is 61.5 Å². The van der Waals surface area contributed by atoms with Gasteiger partial charge in [-0.2, -0.15) is 0 Å². The van der Waals surface area contributed by atoms with E-state index in [0.29, 0.717) is 41.3 Å². The van der Waals surface area contributed by atoms with Crippen molar-refractivity contribution in [1.82, 2.24) is 14.5 Å². The summed E-state index contributed by atoms with van der Waals surface area (Å²) in [6.45, 7) is 9.03. The van der Waals surface area contributed by atoms with E-state index in [2.05, 4.69) is 46.2 Å². The lowest BCUT2D eigenvalue weighted by Gasteiger charge is -2.18. The summed E-state index contributed by atoms with van der Waals surface area (Å²) >= 11 is 0. The molecule has 2 aromatic carbocycles. The summed E-state index contributed by atoms with van der Waals surface area (Å²) in [5.74, 6) is 4.70. The number of urea groups is 1. The van der Waals surface area contributed by atoms with Crippen molar-refractivity contribution in [3.63, 3.8) is 0 Å². The van der Waals surface area contributed by atoms with E-state index in [-0.39, 0.29) is 11.4 Å². The van der Waals surface area contributed by atoms with Crippen LogP contribution in [0.3, 0.4) is 0 Å². The van der Waals surface area contributed by atoms with Crippen LogP contribution >= 0.6 is 0 Å². The lowest BCUT2D eigenvalue weighted by atomic mass is 9.98. The first kappa shape index (κ1) is 29.4. The Morgan fingerprint density at radius 2 is 1.83 bits per heavy atom. The van der Waals surface area contributed by atoms with E-state index in [1.807, 2.05) is 37.3 Å². The van der Waals surface area contributed by atoms with Gasteiger partial charge in [0.15, 0.2) is 0 Å². The van der Waals surface area contributed by atoms with E-state index >= 15 is 0 Å². The molecule has 0 spiro atoms. The van der Waals surface area contributed by atoms with Crippen LogP contribution in [0.25, 0.3) is 22.2 Å². The smallest absolute Gasteiger partial charge is 0.305 e. The molecule has 7 nitrogen and oxygen atoms in total. The van der Waals surface area contributed by atoms with Gasteiger partial charge in [-0.1, -0.05) is 51.2 Å². The van der Waals surface area contributed by atoms with Crippen LogP contribution in [0, 0.1) is 23.5 Å². The van der Waals surface area contributed by atoms with Crippen LogP contribution in [0.15, 0.2) is 65.6 Å². The highest BCUT2D eigenvalue weighted by molar-refractivity contribution is 6.07. The first-order valence-corrected chi connectivity index (χ1v) is 13.7. The fourth-order valence-electron chi connectivity index (χ4n) is 4.53. The molecule has 0 atom stereocenters. The van der Waals surface area contributed by atoms with Crippen LogP contribution in [-0.2, 0) is 6.54 Å². The van der Waals surface area contributed by atoms with Crippen molar-refractivity contribution in [3.05, 3.63) is 88.3 Å². The molecule has 2 N–H and O–H groups in total. The molecule has 0 unspecified atom stereocenters. The molecule has 0 radical (unpaired) electrons. The van der Waals surface area contributed by atoms with Crippen molar-refractivity contribution < 1.29 is 13.6 Å². The number of amides is 2. The van der Waals surface area contributed by atoms with Crippen LogP contribution in [0.2, 0.25) is 0 Å². The number of nitrogens with zero attached hydrogens (tertiary/aromatic N) is 3. The van der Waals surface area contributed by atoms with Crippen LogP contribution in [0.5, 0.6) is 0 Å². The molecular formula is C32H33F2N5O2. The number of unbranched alkanes of at least 4 members (excludes halogenated alkanes) is 1. The van der Waals surface area contributed by atoms with Crippen molar-refractivity contribution in [2.24, 2.45) is 0 Å². The summed E-state index contributed by atoms with van der Waals surface area (Å²) in [6.07, 6.45) is 3.21. The maximum atomic E-state index is 14.3. The van der Waals surface area contributed by atoms with Gasteiger partial charge in [-0.3, -0.25) is 14.3 Å². The number of nitrogens with one attached hydrogen (secondary N) is 2. The normalized spacial score (nSPS) is 10.9. The van der Waals surface area contributed by atoms with E-state index in [9.17, 15) is 18.4 Å². The summed E-state index contributed by atoms with van der Waals surface area (Å²) in [5, 5.41) is 5.70. The highest BCUT2D eigenvalue weighted by Gasteiger charge is 2.21. The number of anilines is 2. The molecule has 0 saturated heterocycles. The quantitative estimate of drug-likeness (QED) is 0.231. The van der Waals surface area contributed by atoms with Gasteiger partial charge in [0.25, 0.3) is 5.56 Å². The number of aryl methyl sites for hydroxylation is 1. The maximum absolute atomic E-state index is 14.3. The van der Waals surface area contributed by atoms with Gasteiger partial charge in [0, 0.05) is 35.3 Å². The second kappa shape index (κ2) is 13.7. The third-order valence-corrected chi connectivity index (χ3v) is 6.75. The van der Waals surface area contributed by atoms with Gasteiger partial charge in [-0.25, -0.2) is 18.6 Å². The van der Waals surface area contributed by atoms with Crippen molar-refractivity contribution in [2.75, 3.05) is 30.3 Å². The van der Waals surface area contributed by atoms with Crippen LogP contribution in [0.1, 0.15) is 39.2 Å². The molecule has 41 heavy (non-hydrogen) atoms. The fraction of sp³-hybridized carbons (Fsp3) is 0.281. The Morgan fingerprint density at radius 3 is 2.56 bits per heavy atom. The summed E-state index contributed by atoms with van der Waals surface area (Å²) in [7, 11) is 0. The maximum Gasteiger partial charge on any atom is 0.323 e. The Bertz CT molecular complexity index is 1670. The van der Waals surface area contributed by atoms with E-state index in [0.717, 1.165) is 43.6 Å². The first-order valence-electron chi connectivity index (χ1n) is 13.7. The van der Waals surface area contributed by atoms with Gasteiger partial charge in [0.05, 0.1) is 12.2 Å². The lowest BCUT2D eigenvalue weighted by molar-refractivity contribution is 0.262. The molecule has 212 valence electrons. The lowest BCUT2D eigenvalue weighted by Crippen LogP contribution is -2.30. The zero-order valence-electron chi connectivity index (χ0n) is 23.4. The number of pyridine rings is 2. The standard InChI is InChI=1S/C32H33F2N5O2/c1-4-7-19-39-30-25(14-9-17-35-30)28(23-13-8-11-22(20-23)12-10-18-38(5-2)6-3)29(31(39)40)37-32(41)36-27-16-15-24(33)21-26(27)34/h8-9,11,13-17,20-21H,4-7,18-19H2,1-3H3,(H2,36,37,41). The summed E-state index contributed by atoms with van der Waals surface area (Å²) in [5.41, 5.74) is 1.76. The van der Waals surface area contributed by atoms with Crippen LogP contribution < -0.4 is 16.2 Å².